The normalized spacial score (nSPS) is 18.0. The minimum Gasteiger partial charge on any atom is -0.351 e. The third-order valence-electron chi connectivity index (χ3n) is 3.68. The van der Waals surface area contributed by atoms with Crippen molar-refractivity contribution in [1.82, 2.24) is 30.1 Å². The lowest BCUT2D eigenvalue weighted by Gasteiger charge is -2.17. The van der Waals surface area contributed by atoms with Crippen molar-refractivity contribution in [3.05, 3.63) is 36.7 Å². The molecule has 1 N–H and O–H groups in total. The van der Waals surface area contributed by atoms with Crippen LogP contribution in [0.25, 0.3) is 5.65 Å². The molecule has 0 radical (unpaired) electrons. The van der Waals surface area contributed by atoms with E-state index in [1.807, 2.05) is 4.40 Å². The Morgan fingerprint density at radius 1 is 1.41 bits per heavy atom. The van der Waals surface area contributed by atoms with Crippen molar-refractivity contribution >= 4 is 17.4 Å². The molecule has 0 bridgehead atoms. The fraction of sp³-hybridized carbons (Fsp3) is 0.308. The molecular weight excluding hydrogens is 286 g/mol. The number of fused-ring (bicyclic) bond motifs is 1. The number of amides is 1. The smallest absolute Gasteiger partial charge is 0.290 e. The molecule has 1 fully saturated rings. The number of carbonyl (C=O) groups excluding carboxylic acids is 1. The standard InChI is InChI=1S/C13H13N7O2/c21-13(10-1-3-16-22-10)17-9-2-5-19(7-9)11-12-18-15-8-20(12)6-4-14-11/h1,3-4,6,8-9H,2,5,7H2,(H,17,21)/t9-/m1/s1. The first-order chi connectivity index (χ1) is 10.8. The SMILES string of the molecule is O=C(N[C@@H]1CCN(c2nccn3cnnc23)C1)c1ccno1. The second-order valence-corrected chi connectivity index (χ2v) is 5.09. The van der Waals surface area contributed by atoms with Crippen LogP contribution in [0, 0.1) is 0 Å². The summed E-state index contributed by atoms with van der Waals surface area (Å²) in [7, 11) is 0. The van der Waals surface area contributed by atoms with E-state index < -0.39 is 0 Å². The Hall–Kier alpha value is -2.97. The minimum absolute atomic E-state index is 0.0302. The zero-order valence-electron chi connectivity index (χ0n) is 11.6. The molecule has 9 heteroatoms. The van der Waals surface area contributed by atoms with E-state index in [0.717, 1.165) is 18.8 Å². The first-order valence-corrected chi connectivity index (χ1v) is 6.92. The lowest BCUT2D eigenvalue weighted by Crippen LogP contribution is -2.37. The zero-order chi connectivity index (χ0) is 14.9. The van der Waals surface area contributed by atoms with Gasteiger partial charge in [-0.2, -0.15) is 0 Å². The van der Waals surface area contributed by atoms with E-state index in [4.69, 9.17) is 4.52 Å². The van der Waals surface area contributed by atoms with Crippen molar-refractivity contribution in [2.24, 2.45) is 0 Å². The summed E-state index contributed by atoms with van der Waals surface area (Å²) >= 11 is 0. The van der Waals surface area contributed by atoms with E-state index in [-0.39, 0.29) is 17.7 Å². The molecule has 3 aromatic rings. The molecule has 1 atom stereocenters. The van der Waals surface area contributed by atoms with Gasteiger partial charge < -0.3 is 14.7 Å². The highest BCUT2D eigenvalue weighted by molar-refractivity contribution is 5.91. The third-order valence-corrected chi connectivity index (χ3v) is 3.68. The maximum Gasteiger partial charge on any atom is 0.290 e. The molecule has 3 aromatic heterocycles. The molecule has 4 heterocycles. The first-order valence-electron chi connectivity index (χ1n) is 6.92. The molecule has 0 spiro atoms. The summed E-state index contributed by atoms with van der Waals surface area (Å²) in [4.78, 5) is 18.4. The van der Waals surface area contributed by atoms with Gasteiger partial charge in [0.05, 0.1) is 6.20 Å². The summed E-state index contributed by atoms with van der Waals surface area (Å²) in [6.45, 7) is 1.46. The number of hydrogen-bond acceptors (Lipinski definition) is 7. The third kappa shape index (κ3) is 2.16. The fourth-order valence-electron chi connectivity index (χ4n) is 2.63. The zero-order valence-corrected chi connectivity index (χ0v) is 11.6. The van der Waals surface area contributed by atoms with E-state index in [2.05, 4.69) is 30.6 Å². The second-order valence-electron chi connectivity index (χ2n) is 5.09. The van der Waals surface area contributed by atoms with E-state index in [1.165, 1.54) is 6.20 Å². The van der Waals surface area contributed by atoms with Crippen LogP contribution in [0.1, 0.15) is 17.0 Å². The molecule has 0 aliphatic carbocycles. The van der Waals surface area contributed by atoms with E-state index >= 15 is 0 Å². The Morgan fingerprint density at radius 3 is 3.23 bits per heavy atom. The molecule has 22 heavy (non-hydrogen) atoms. The summed E-state index contributed by atoms with van der Waals surface area (Å²) in [5, 5.41) is 14.5. The van der Waals surface area contributed by atoms with Gasteiger partial charge in [0, 0.05) is 37.6 Å². The summed E-state index contributed by atoms with van der Waals surface area (Å²) < 4.78 is 6.68. The summed E-state index contributed by atoms with van der Waals surface area (Å²) in [5.74, 6) is 0.741. The van der Waals surface area contributed by atoms with Crippen molar-refractivity contribution < 1.29 is 9.32 Å². The Balaban J connectivity index is 1.48. The quantitative estimate of drug-likeness (QED) is 0.733. The highest BCUT2D eigenvalue weighted by atomic mass is 16.5. The van der Waals surface area contributed by atoms with Gasteiger partial charge in [-0.25, -0.2) is 4.98 Å². The average Bonchev–Trinajstić information content (AvgIpc) is 3.27. The molecule has 0 saturated carbocycles. The number of carbonyl (C=O) groups is 1. The van der Waals surface area contributed by atoms with Gasteiger partial charge in [-0.3, -0.25) is 9.20 Å². The van der Waals surface area contributed by atoms with Crippen molar-refractivity contribution in [2.75, 3.05) is 18.0 Å². The van der Waals surface area contributed by atoms with Crippen LogP contribution in [0.2, 0.25) is 0 Å². The molecule has 0 aromatic carbocycles. The number of nitrogens with one attached hydrogen (secondary N) is 1. The van der Waals surface area contributed by atoms with Crippen LogP contribution in [0.4, 0.5) is 5.82 Å². The number of hydrogen-bond donors (Lipinski definition) is 1. The van der Waals surface area contributed by atoms with Crippen LogP contribution in [-0.2, 0) is 0 Å². The van der Waals surface area contributed by atoms with Gasteiger partial charge in [-0.1, -0.05) is 5.16 Å². The Morgan fingerprint density at radius 2 is 2.36 bits per heavy atom. The van der Waals surface area contributed by atoms with Crippen LogP contribution >= 0.6 is 0 Å². The largest absolute Gasteiger partial charge is 0.351 e. The van der Waals surface area contributed by atoms with Gasteiger partial charge in [0.15, 0.2) is 5.82 Å². The predicted octanol–water partition coefficient (Wildman–Crippen LogP) is 0.121. The second kappa shape index (κ2) is 5.10. The number of rotatable bonds is 3. The van der Waals surface area contributed by atoms with Gasteiger partial charge in [0.2, 0.25) is 11.4 Å². The van der Waals surface area contributed by atoms with E-state index in [9.17, 15) is 4.79 Å². The topological polar surface area (TPSA) is 101 Å². The molecular formula is C13H13N7O2. The van der Waals surface area contributed by atoms with Crippen LogP contribution in [0.5, 0.6) is 0 Å². The molecule has 9 nitrogen and oxygen atoms in total. The van der Waals surface area contributed by atoms with Gasteiger partial charge in [-0.05, 0) is 6.42 Å². The van der Waals surface area contributed by atoms with Crippen LogP contribution < -0.4 is 10.2 Å². The lowest BCUT2D eigenvalue weighted by molar-refractivity contribution is 0.0903. The fourth-order valence-corrected chi connectivity index (χ4v) is 2.63. The van der Waals surface area contributed by atoms with Gasteiger partial charge >= 0.3 is 0 Å². The number of aromatic nitrogens is 5. The molecule has 0 unspecified atom stereocenters. The summed E-state index contributed by atoms with van der Waals surface area (Å²) in [5.41, 5.74) is 0.713. The number of anilines is 1. The van der Waals surface area contributed by atoms with Crippen LogP contribution in [-0.4, -0.2) is 49.8 Å². The van der Waals surface area contributed by atoms with Crippen molar-refractivity contribution in [1.29, 1.82) is 0 Å². The highest BCUT2D eigenvalue weighted by Gasteiger charge is 2.27. The minimum atomic E-state index is -0.252. The van der Waals surface area contributed by atoms with E-state index in [0.29, 0.717) is 12.2 Å². The first kappa shape index (κ1) is 12.7. The van der Waals surface area contributed by atoms with Gasteiger partial charge in [-0.15, -0.1) is 10.2 Å². The predicted molar refractivity (Wildman–Crippen MR) is 75.4 cm³/mol. The maximum atomic E-state index is 12.0. The van der Waals surface area contributed by atoms with Crippen molar-refractivity contribution in [3.8, 4) is 0 Å². The average molecular weight is 299 g/mol. The van der Waals surface area contributed by atoms with Gasteiger partial charge in [0.25, 0.3) is 5.91 Å². The van der Waals surface area contributed by atoms with Gasteiger partial charge in [0.1, 0.15) is 6.33 Å². The molecule has 4 rings (SSSR count). The molecule has 1 saturated heterocycles. The lowest BCUT2D eigenvalue weighted by atomic mass is 10.2. The monoisotopic (exact) mass is 299 g/mol. The molecule has 1 amide bonds. The number of nitrogens with zero attached hydrogens (tertiary/aromatic N) is 6. The maximum absolute atomic E-state index is 12.0. The molecule has 1 aliphatic rings. The van der Waals surface area contributed by atoms with Crippen molar-refractivity contribution in [2.45, 2.75) is 12.5 Å². The Bertz CT molecular complexity index is 798. The molecule has 1 aliphatic heterocycles. The summed E-state index contributed by atoms with van der Waals surface area (Å²) in [6.07, 6.45) is 7.44. The Kier molecular flexibility index (Phi) is 2.95. The van der Waals surface area contributed by atoms with Crippen LogP contribution in [0.15, 0.2) is 35.5 Å². The van der Waals surface area contributed by atoms with Crippen molar-refractivity contribution in [3.63, 3.8) is 0 Å². The molecule has 112 valence electrons. The summed E-state index contributed by atoms with van der Waals surface area (Å²) in [6, 6.07) is 1.57. The Labute approximate surface area is 124 Å². The van der Waals surface area contributed by atoms with Crippen LogP contribution in [0.3, 0.4) is 0 Å². The van der Waals surface area contributed by atoms with E-state index in [1.54, 1.807) is 24.8 Å². The highest BCUT2D eigenvalue weighted by Crippen LogP contribution is 2.21.